The van der Waals surface area contributed by atoms with Crippen LogP contribution in [0.1, 0.15) is 5.69 Å². The van der Waals surface area contributed by atoms with Crippen LogP contribution in [0.25, 0.3) is 0 Å². The van der Waals surface area contributed by atoms with Crippen molar-refractivity contribution in [1.29, 1.82) is 4.78 Å². The van der Waals surface area contributed by atoms with Crippen LogP contribution < -0.4 is 5.14 Å². The lowest BCUT2D eigenvalue weighted by Gasteiger charge is -1.93. The van der Waals surface area contributed by atoms with Gasteiger partial charge in [0, 0.05) is 13.1 Å². The number of nitrogens with one attached hydrogen (secondary N) is 1. The van der Waals surface area contributed by atoms with Crippen LogP contribution in [0.15, 0.2) is 11.1 Å². The summed E-state index contributed by atoms with van der Waals surface area (Å²) in [6, 6.07) is 1.36. The molecule has 0 bridgehead atoms. The lowest BCUT2D eigenvalue weighted by Crippen LogP contribution is -2.11. The summed E-state index contributed by atoms with van der Waals surface area (Å²) < 4.78 is 19.3. The number of hydrogen-bond donors (Lipinski definition) is 3. The minimum atomic E-state index is -3.26. The van der Waals surface area contributed by atoms with Gasteiger partial charge in [0.05, 0.1) is 12.3 Å². The summed E-state index contributed by atoms with van der Waals surface area (Å²) in [6.45, 7) is -0.209. The van der Waals surface area contributed by atoms with E-state index in [9.17, 15) is 4.21 Å². The van der Waals surface area contributed by atoms with Crippen LogP contribution in [0.4, 0.5) is 0 Å². The molecule has 1 heterocycles. The first kappa shape index (κ1) is 9.17. The summed E-state index contributed by atoms with van der Waals surface area (Å²) in [5.41, 5.74) is 0.482. The first-order valence-corrected chi connectivity index (χ1v) is 4.77. The average molecular weight is 190 g/mol. The molecule has 1 unspecified atom stereocenters. The normalized spacial score (nSPS) is 15.9. The Morgan fingerprint density at radius 3 is 2.75 bits per heavy atom. The van der Waals surface area contributed by atoms with E-state index in [-0.39, 0.29) is 11.6 Å². The Kier molecular flexibility index (Phi) is 2.18. The van der Waals surface area contributed by atoms with Gasteiger partial charge in [-0.1, -0.05) is 0 Å². The molecule has 0 fully saturated rings. The van der Waals surface area contributed by atoms with Crippen molar-refractivity contribution < 1.29 is 9.32 Å². The first-order valence-electron chi connectivity index (χ1n) is 3.15. The van der Waals surface area contributed by atoms with Crippen LogP contribution in [-0.2, 0) is 23.6 Å². The molecule has 0 aliphatic rings. The third-order valence-corrected chi connectivity index (χ3v) is 2.25. The SMILES string of the molecule is Cn1nc(S(=N)(N)=O)cc1CO. The number of nitrogens with two attached hydrogens (primary N) is 1. The van der Waals surface area contributed by atoms with E-state index in [1.165, 1.54) is 10.7 Å². The van der Waals surface area contributed by atoms with E-state index in [1.807, 2.05) is 0 Å². The Labute approximate surface area is 70.1 Å². The number of aliphatic hydroxyl groups is 1. The van der Waals surface area contributed by atoms with Crippen LogP contribution in [0, 0.1) is 4.78 Å². The zero-order valence-corrected chi connectivity index (χ0v) is 7.34. The topological polar surface area (TPSA) is 105 Å². The quantitative estimate of drug-likeness (QED) is 0.568. The zero-order chi connectivity index (χ0) is 9.35. The standard InChI is InChI=1S/C5H10N4O2S/c1-9-4(3-10)2-5(8-9)12(6,7)11/h2,10H,3H2,1H3,(H3,6,7,11). The maximum absolute atomic E-state index is 11.0. The summed E-state index contributed by atoms with van der Waals surface area (Å²) >= 11 is 0. The number of hydrogen-bond acceptors (Lipinski definition) is 4. The third kappa shape index (κ3) is 1.63. The molecule has 12 heavy (non-hydrogen) atoms. The van der Waals surface area contributed by atoms with Crippen molar-refractivity contribution in [3.05, 3.63) is 11.8 Å². The van der Waals surface area contributed by atoms with Crippen LogP contribution in [0.5, 0.6) is 0 Å². The Hall–Kier alpha value is -0.920. The second kappa shape index (κ2) is 2.85. The van der Waals surface area contributed by atoms with Crippen molar-refractivity contribution in [3.63, 3.8) is 0 Å². The molecule has 4 N–H and O–H groups in total. The zero-order valence-electron chi connectivity index (χ0n) is 6.52. The highest BCUT2D eigenvalue weighted by Crippen LogP contribution is 2.07. The van der Waals surface area contributed by atoms with Gasteiger partial charge >= 0.3 is 0 Å². The summed E-state index contributed by atoms with van der Waals surface area (Å²) in [6.07, 6.45) is 0. The Balaban J connectivity index is 3.23. The maximum atomic E-state index is 11.0. The molecule has 6 nitrogen and oxygen atoms in total. The van der Waals surface area contributed by atoms with Crippen molar-refractivity contribution in [2.75, 3.05) is 0 Å². The van der Waals surface area contributed by atoms with Gasteiger partial charge in [0.2, 0.25) is 0 Å². The van der Waals surface area contributed by atoms with E-state index < -0.39 is 9.92 Å². The van der Waals surface area contributed by atoms with Gasteiger partial charge in [-0.2, -0.15) is 5.10 Å². The van der Waals surface area contributed by atoms with E-state index in [0.717, 1.165) is 0 Å². The first-order chi connectivity index (χ1) is 5.45. The molecule has 1 atom stereocenters. The molecule has 0 saturated carbocycles. The highest BCUT2D eigenvalue weighted by Gasteiger charge is 2.10. The maximum Gasteiger partial charge on any atom is 0.172 e. The Bertz CT molecular complexity index is 380. The molecule has 0 aromatic carbocycles. The number of nitrogens with zero attached hydrogens (tertiary/aromatic N) is 2. The van der Waals surface area contributed by atoms with Gasteiger partial charge in [0.25, 0.3) is 0 Å². The van der Waals surface area contributed by atoms with Crippen LogP contribution in [0.2, 0.25) is 0 Å². The monoisotopic (exact) mass is 190 g/mol. The van der Waals surface area contributed by atoms with Crippen molar-refractivity contribution in [2.45, 2.75) is 11.6 Å². The van der Waals surface area contributed by atoms with Crippen LogP contribution >= 0.6 is 0 Å². The number of aryl methyl sites for hydroxylation is 1. The minimum absolute atomic E-state index is 0.00551. The predicted molar refractivity (Wildman–Crippen MR) is 42.4 cm³/mol. The Morgan fingerprint density at radius 1 is 1.92 bits per heavy atom. The fourth-order valence-electron chi connectivity index (χ4n) is 0.773. The number of aliphatic hydroxyl groups excluding tert-OH is 1. The molecular weight excluding hydrogens is 180 g/mol. The minimum Gasteiger partial charge on any atom is -0.390 e. The fourth-order valence-corrected chi connectivity index (χ4v) is 1.33. The largest absolute Gasteiger partial charge is 0.390 e. The highest BCUT2D eigenvalue weighted by atomic mass is 32.2. The fraction of sp³-hybridized carbons (Fsp3) is 0.400. The molecule has 1 rings (SSSR count). The number of aromatic nitrogens is 2. The van der Waals surface area contributed by atoms with E-state index in [0.29, 0.717) is 5.69 Å². The van der Waals surface area contributed by atoms with E-state index in [2.05, 4.69) is 5.10 Å². The van der Waals surface area contributed by atoms with E-state index in [4.69, 9.17) is 15.0 Å². The molecular formula is C5H10N4O2S. The molecule has 1 aromatic heterocycles. The molecule has 68 valence electrons. The Morgan fingerprint density at radius 2 is 2.50 bits per heavy atom. The molecule has 0 aliphatic heterocycles. The number of rotatable bonds is 2. The van der Waals surface area contributed by atoms with Crippen LogP contribution in [0.3, 0.4) is 0 Å². The molecule has 1 aromatic rings. The van der Waals surface area contributed by atoms with Gasteiger partial charge in [-0.3, -0.25) is 4.68 Å². The van der Waals surface area contributed by atoms with Crippen molar-refractivity contribution in [2.24, 2.45) is 12.2 Å². The van der Waals surface area contributed by atoms with Gasteiger partial charge in [0.1, 0.15) is 0 Å². The van der Waals surface area contributed by atoms with Crippen molar-refractivity contribution in [1.82, 2.24) is 9.78 Å². The van der Waals surface area contributed by atoms with Crippen LogP contribution in [-0.4, -0.2) is 19.1 Å². The van der Waals surface area contributed by atoms with E-state index in [1.54, 1.807) is 7.05 Å². The molecule has 0 radical (unpaired) electrons. The summed E-state index contributed by atoms with van der Waals surface area (Å²) in [4.78, 5) is 0. The summed E-state index contributed by atoms with van der Waals surface area (Å²) in [5, 5.41) is 17.5. The smallest absolute Gasteiger partial charge is 0.172 e. The van der Waals surface area contributed by atoms with Gasteiger partial charge in [-0.15, -0.1) is 0 Å². The van der Waals surface area contributed by atoms with Crippen molar-refractivity contribution >= 4 is 9.92 Å². The molecule has 0 amide bonds. The van der Waals surface area contributed by atoms with Gasteiger partial charge in [-0.05, 0) is 0 Å². The third-order valence-electron chi connectivity index (χ3n) is 1.43. The lowest BCUT2D eigenvalue weighted by atomic mass is 10.5. The summed E-state index contributed by atoms with van der Waals surface area (Å²) in [7, 11) is -1.67. The lowest BCUT2D eigenvalue weighted by molar-refractivity contribution is 0.270. The second-order valence-corrected chi connectivity index (χ2v) is 3.98. The molecule has 7 heteroatoms. The molecule has 0 spiro atoms. The van der Waals surface area contributed by atoms with Gasteiger partial charge < -0.3 is 5.11 Å². The highest BCUT2D eigenvalue weighted by molar-refractivity contribution is 7.90. The predicted octanol–water partition coefficient (Wildman–Crippen LogP) is -0.808. The van der Waals surface area contributed by atoms with Crippen molar-refractivity contribution in [3.8, 4) is 0 Å². The van der Waals surface area contributed by atoms with Gasteiger partial charge in [-0.25, -0.2) is 14.1 Å². The average Bonchev–Trinajstić information content (AvgIpc) is 2.29. The molecule has 0 saturated heterocycles. The summed E-state index contributed by atoms with van der Waals surface area (Å²) in [5.74, 6) is 0. The van der Waals surface area contributed by atoms with E-state index >= 15 is 0 Å². The molecule has 0 aliphatic carbocycles. The van der Waals surface area contributed by atoms with Gasteiger partial charge in [0.15, 0.2) is 14.9 Å². The second-order valence-electron chi connectivity index (χ2n) is 2.36.